The maximum absolute atomic E-state index is 12.9. The molecule has 26 heavy (non-hydrogen) atoms. The van der Waals surface area contributed by atoms with Gasteiger partial charge < -0.3 is 19.5 Å². The van der Waals surface area contributed by atoms with E-state index >= 15 is 0 Å². The molecule has 6 heteroatoms. The molecule has 0 aliphatic carbocycles. The average molecular weight is 364 g/mol. The van der Waals surface area contributed by atoms with Gasteiger partial charge in [-0.25, -0.2) is 0 Å². The Hall–Kier alpha value is -1.79. The number of hydrogen-bond acceptors (Lipinski definition) is 5. The summed E-state index contributed by atoms with van der Waals surface area (Å²) in [7, 11) is 3.22. The Balaban J connectivity index is 2.06. The SMILES string of the molecule is COc1ccc(OC)c(CC(=O)N2CCN(CC(C)C)C(CCO)C2)c1. The van der Waals surface area contributed by atoms with Crippen molar-refractivity contribution in [3.05, 3.63) is 23.8 Å². The van der Waals surface area contributed by atoms with Gasteiger partial charge in [0, 0.05) is 44.4 Å². The van der Waals surface area contributed by atoms with Crippen molar-refractivity contribution in [2.24, 2.45) is 5.92 Å². The summed E-state index contributed by atoms with van der Waals surface area (Å²) in [5.41, 5.74) is 0.833. The third-order valence-corrected chi connectivity index (χ3v) is 4.85. The Morgan fingerprint density at radius 3 is 2.65 bits per heavy atom. The Morgan fingerprint density at radius 2 is 2.04 bits per heavy atom. The highest BCUT2D eigenvalue weighted by Crippen LogP contribution is 2.25. The van der Waals surface area contributed by atoms with Crippen LogP contribution >= 0.6 is 0 Å². The fraction of sp³-hybridized carbons (Fsp3) is 0.650. The topological polar surface area (TPSA) is 62.2 Å². The third-order valence-electron chi connectivity index (χ3n) is 4.85. The molecular weight excluding hydrogens is 332 g/mol. The minimum atomic E-state index is 0.0867. The predicted molar refractivity (Wildman–Crippen MR) is 102 cm³/mol. The van der Waals surface area contributed by atoms with Crippen LogP contribution in [0.5, 0.6) is 11.5 Å². The summed E-state index contributed by atoms with van der Waals surface area (Å²) in [5, 5.41) is 9.40. The first-order valence-corrected chi connectivity index (χ1v) is 9.32. The predicted octanol–water partition coefficient (Wildman–Crippen LogP) is 1.80. The number of carbonyl (C=O) groups is 1. The molecule has 1 heterocycles. The molecule has 6 nitrogen and oxygen atoms in total. The Morgan fingerprint density at radius 1 is 1.27 bits per heavy atom. The minimum Gasteiger partial charge on any atom is -0.497 e. The number of aliphatic hydroxyl groups excluding tert-OH is 1. The zero-order valence-corrected chi connectivity index (χ0v) is 16.4. The van der Waals surface area contributed by atoms with Crippen molar-refractivity contribution in [3.63, 3.8) is 0 Å². The number of benzene rings is 1. The van der Waals surface area contributed by atoms with E-state index in [1.807, 2.05) is 23.1 Å². The highest BCUT2D eigenvalue weighted by atomic mass is 16.5. The van der Waals surface area contributed by atoms with Crippen molar-refractivity contribution in [3.8, 4) is 11.5 Å². The molecule has 1 amide bonds. The molecule has 2 rings (SSSR count). The van der Waals surface area contributed by atoms with Gasteiger partial charge in [-0.1, -0.05) is 13.8 Å². The summed E-state index contributed by atoms with van der Waals surface area (Å²) in [6, 6.07) is 5.73. The maximum atomic E-state index is 12.9. The van der Waals surface area contributed by atoms with E-state index < -0.39 is 0 Å². The second-order valence-corrected chi connectivity index (χ2v) is 7.25. The van der Waals surface area contributed by atoms with Crippen LogP contribution < -0.4 is 9.47 Å². The number of carbonyl (C=O) groups excluding carboxylic acids is 1. The first kappa shape index (κ1) is 20.5. The number of methoxy groups -OCH3 is 2. The third kappa shape index (κ3) is 5.35. The maximum Gasteiger partial charge on any atom is 0.227 e. The van der Waals surface area contributed by atoms with E-state index in [2.05, 4.69) is 18.7 Å². The Bertz CT molecular complexity index is 591. The van der Waals surface area contributed by atoms with Crippen LogP contribution in [-0.4, -0.2) is 73.9 Å². The average Bonchev–Trinajstić information content (AvgIpc) is 2.62. The second kappa shape index (κ2) is 9.78. The number of piperazine rings is 1. The van der Waals surface area contributed by atoms with Crippen molar-refractivity contribution < 1.29 is 19.4 Å². The number of rotatable bonds is 8. The number of nitrogens with zero attached hydrogens (tertiary/aromatic N) is 2. The van der Waals surface area contributed by atoms with E-state index in [9.17, 15) is 9.90 Å². The number of amides is 1. The van der Waals surface area contributed by atoms with Crippen LogP contribution in [0.1, 0.15) is 25.8 Å². The lowest BCUT2D eigenvalue weighted by Crippen LogP contribution is -2.56. The summed E-state index contributed by atoms with van der Waals surface area (Å²) in [5.74, 6) is 2.07. The van der Waals surface area contributed by atoms with E-state index in [4.69, 9.17) is 9.47 Å². The molecule has 0 saturated carbocycles. The van der Waals surface area contributed by atoms with Crippen molar-refractivity contribution >= 4 is 5.91 Å². The molecule has 1 fully saturated rings. The molecular formula is C20H32N2O4. The van der Waals surface area contributed by atoms with Gasteiger partial charge in [0.1, 0.15) is 11.5 Å². The molecule has 1 aromatic rings. The van der Waals surface area contributed by atoms with Gasteiger partial charge in [-0.3, -0.25) is 9.69 Å². The van der Waals surface area contributed by atoms with Gasteiger partial charge in [-0.05, 0) is 30.5 Å². The fourth-order valence-electron chi connectivity index (χ4n) is 3.55. The molecule has 0 bridgehead atoms. The lowest BCUT2D eigenvalue weighted by atomic mass is 10.0. The Kier molecular flexibility index (Phi) is 7.72. The quantitative estimate of drug-likeness (QED) is 0.762. The van der Waals surface area contributed by atoms with E-state index in [1.165, 1.54) is 0 Å². The monoisotopic (exact) mass is 364 g/mol. The Labute approximate surface area is 156 Å². The van der Waals surface area contributed by atoms with Crippen LogP contribution in [0.4, 0.5) is 0 Å². The van der Waals surface area contributed by atoms with Crippen molar-refractivity contribution in [1.29, 1.82) is 0 Å². The van der Waals surface area contributed by atoms with Gasteiger partial charge in [-0.2, -0.15) is 0 Å². The van der Waals surface area contributed by atoms with E-state index in [-0.39, 0.29) is 25.0 Å². The molecule has 1 aliphatic rings. The highest BCUT2D eigenvalue weighted by molar-refractivity contribution is 5.80. The first-order valence-electron chi connectivity index (χ1n) is 9.32. The summed E-state index contributed by atoms with van der Waals surface area (Å²) < 4.78 is 10.7. The largest absolute Gasteiger partial charge is 0.497 e. The second-order valence-electron chi connectivity index (χ2n) is 7.25. The lowest BCUT2D eigenvalue weighted by Gasteiger charge is -2.42. The summed E-state index contributed by atoms with van der Waals surface area (Å²) >= 11 is 0. The molecule has 146 valence electrons. The van der Waals surface area contributed by atoms with Crippen molar-refractivity contribution in [2.75, 3.05) is 47.0 Å². The molecule has 0 spiro atoms. The zero-order valence-electron chi connectivity index (χ0n) is 16.4. The number of aliphatic hydroxyl groups is 1. The van der Waals surface area contributed by atoms with Crippen LogP contribution in [0.25, 0.3) is 0 Å². The first-order chi connectivity index (χ1) is 12.5. The van der Waals surface area contributed by atoms with Crippen LogP contribution in [0.2, 0.25) is 0 Å². The molecule has 0 aromatic heterocycles. The van der Waals surface area contributed by atoms with Crippen molar-refractivity contribution in [1.82, 2.24) is 9.80 Å². The summed E-state index contributed by atoms with van der Waals surface area (Å²) in [6.45, 7) is 7.77. The van der Waals surface area contributed by atoms with E-state index in [1.54, 1.807) is 14.2 Å². The molecule has 1 unspecified atom stereocenters. The number of ether oxygens (including phenoxy) is 2. The van der Waals surface area contributed by atoms with Crippen LogP contribution in [0.15, 0.2) is 18.2 Å². The molecule has 1 aromatic carbocycles. The summed E-state index contributed by atoms with van der Waals surface area (Å²) in [4.78, 5) is 17.2. The smallest absolute Gasteiger partial charge is 0.227 e. The minimum absolute atomic E-state index is 0.0867. The van der Waals surface area contributed by atoms with Crippen molar-refractivity contribution in [2.45, 2.75) is 32.7 Å². The standard InChI is InChI=1S/C20H32N2O4/c1-15(2)13-21-8-9-22(14-17(21)7-10-23)20(24)12-16-11-18(25-3)5-6-19(16)26-4/h5-6,11,15,17,23H,7-10,12-14H2,1-4H3. The van der Waals surface area contributed by atoms with Crippen LogP contribution in [-0.2, 0) is 11.2 Å². The van der Waals surface area contributed by atoms with Gasteiger partial charge in [0.2, 0.25) is 5.91 Å². The lowest BCUT2D eigenvalue weighted by molar-refractivity contribution is -0.133. The van der Waals surface area contributed by atoms with E-state index in [0.29, 0.717) is 30.4 Å². The zero-order chi connectivity index (χ0) is 19.1. The number of hydrogen-bond donors (Lipinski definition) is 1. The van der Waals surface area contributed by atoms with Gasteiger partial charge >= 0.3 is 0 Å². The van der Waals surface area contributed by atoms with Crippen LogP contribution in [0.3, 0.4) is 0 Å². The highest BCUT2D eigenvalue weighted by Gasteiger charge is 2.29. The van der Waals surface area contributed by atoms with Gasteiger partial charge in [0.05, 0.1) is 20.6 Å². The molecule has 1 saturated heterocycles. The summed E-state index contributed by atoms with van der Waals surface area (Å²) in [6.07, 6.45) is 0.982. The van der Waals surface area contributed by atoms with E-state index in [0.717, 1.165) is 25.2 Å². The fourth-order valence-corrected chi connectivity index (χ4v) is 3.55. The van der Waals surface area contributed by atoms with Gasteiger partial charge in [-0.15, -0.1) is 0 Å². The van der Waals surface area contributed by atoms with Gasteiger partial charge in [0.15, 0.2) is 0 Å². The van der Waals surface area contributed by atoms with Crippen LogP contribution in [0, 0.1) is 5.92 Å². The molecule has 1 aliphatic heterocycles. The molecule has 1 atom stereocenters. The normalized spacial score (nSPS) is 18.2. The molecule has 0 radical (unpaired) electrons. The van der Waals surface area contributed by atoms with Gasteiger partial charge in [0.25, 0.3) is 0 Å². The molecule has 1 N–H and O–H groups in total.